The number of para-hydroxylation sites is 2. The van der Waals surface area contributed by atoms with Crippen LogP contribution >= 0.6 is 11.3 Å². The molecule has 10 aromatic rings. The van der Waals surface area contributed by atoms with E-state index in [1.807, 2.05) is 23.5 Å². The molecule has 0 amide bonds. The van der Waals surface area contributed by atoms with Crippen molar-refractivity contribution in [1.29, 1.82) is 0 Å². The van der Waals surface area contributed by atoms with Crippen molar-refractivity contribution in [2.45, 2.75) is 0 Å². The highest BCUT2D eigenvalue weighted by Crippen LogP contribution is 2.45. The molecule has 3 heteroatoms. The minimum absolute atomic E-state index is 0.912. The Morgan fingerprint density at radius 1 is 0.408 bits per heavy atom. The van der Waals surface area contributed by atoms with Gasteiger partial charge >= 0.3 is 0 Å². The van der Waals surface area contributed by atoms with E-state index in [-0.39, 0.29) is 0 Å². The fraction of sp³-hybridized carbons (Fsp3) is 0. The van der Waals surface area contributed by atoms with Crippen LogP contribution < -0.4 is 4.90 Å². The van der Waals surface area contributed by atoms with Crippen LogP contribution in [0.5, 0.6) is 0 Å². The molecule has 230 valence electrons. The second-order valence-electron chi connectivity index (χ2n) is 12.5. The van der Waals surface area contributed by atoms with Crippen LogP contribution in [0, 0.1) is 0 Å². The number of fused-ring (bicyclic) bond motifs is 8. The molecule has 2 aromatic heterocycles. The molecule has 0 spiro atoms. The molecule has 0 aliphatic rings. The summed E-state index contributed by atoms with van der Waals surface area (Å²) in [6.45, 7) is 0. The molecule has 0 aliphatic carbocycles. The second-order valence-corrected chi connectivity index (χ2v) is 13.6. The molecule has 0 unspecified atom stereocenters. The van der Waals surface area contributed by atoms with Gasteiger partial charge in [0.1, 0.15) is 11.2 Å². The fourth-order valence-corrected chi connectivity index (χ4v) is 8.53. The largest absolute Gasteiger partial charge is 0.455 e. The lowest BCUT2D eigenvalue weighted by atomic mass is 9.99. The number of nitrogens with zero attached hydrogens (tertiary/aromatic N) is 1. The van der Waals surface area contributed by atoms with Crippen molar-refractivity contribution in [3.63, 3.8) is 0 Å². The topological polar surface area (TPSA) is 16.4 Å². The van der Waals surface area contributed by atoms with Crippen molar-refractivity contribution in [3.8, 4) is 22.3 Å². The highest BCUT2D eigenvalue weighted by atomic mass is 32.1. The number of thiophene rings is 1. The summed E-state index contributed by atoms with van der Waals surface area (Å²) in [6, 6.07) is 63.2. The lowest BCUT2D eigenvalue weighted by Crippen LogP contribution is -2.10. The van der Waals surface area contributed by atoms with Gasteiger partial charge in [0.25, 0.3) is 0 Å². The number of benzene rings is 8. The molecule has 0 saturated heterocycles. The van der Waals surface area contributed by atoms with Crippen molar-refractivity contribution >= 4 is 81.3 Å². The zero-order valence-electron chi connectivity index (χ0n) is 26.5. The first-order valence-corrected chi connectivity index (χ1v) is 17.4. The summed E-state index contributed by atoms with van der Waals surface area (Å²) in [5.41, 5.74) is 9.77. The summed E-state index contributed by atoms with van der Waals surface area (Å²) in [6.07, 6.45) is 0. The first-order valence-electron chi connectivity index (χ1n) is 16.6. The summed E-state index contributed by atoms with van der Waals surface area (Å²) in [7, 11) is 0. The second kappa shape index (κ2) is 11.2. The summed E-state index contributed by atoms with van der Waals surface area (Å²) in [5, 5.41) is 7.41. The average Bonchev–Trinajstić information content (AvgIpc) is 3.75. The Kier molecular flexibility index (Phi) is 6.39. The molecule has 2 nitrogen and oxygen atoms in total. The van der Waals surface area contributed by atoms with Crippen LogP contribution in [0.1, 0.15) is 0 Å². The molecule has 0 radical (unpaired) electrons. The lowest BCUT2D eigenvalue weighted by Gasteiger charge is -2.27. The zero-order chi connectivity index (χ0) is 32.3. The molecule has 0 N–H and O–H groups in total. The van der Waals surface area contributed by atoms with Gasteiger partial charge in [-0.05, 0) is 70.6 Å². The molecular weight excluding hydrogens is 615 g/mol. The van der Waals surface area contributed by atoms with Gasteiger partial charge in [0, 0.05) is 53.3 Å². The summed E-state index contributed by atoms with van der Waals surface area (Å²) >= 11 is 1.86. The Hall–Kier alpha value is -6.16. The third-order valence-corrected chi connectivity index (χ3v) is 10.8. The number of rotatable bonds is 5. The molecule has 0 atom stereocenters. The quantitative estimate of drug-likeness (QED) is 0.186. The van der Waals surface area contributed by atoms with E-state index in [4.69, 9.17) is 4.42 Å². The SMILES string of the molecule is c1ccc(-c2cccc(N(c3ccc(-c4cccc5c4oc4ccccc45)cc3)c3cccc4c3ccc3sc5ccccc5c34)c2)cc1. The average molecular weight is 644 g/mol. The summed E-state index contributed by atoms with van der Waals surface area (Å²) < 4.78 is 9.04. The van der Waals surface area contributed by atoms with E-state index in [9.17, 15) is 0 Å². The first kappa shape index (κ1) is 27.9. The van der Waals surface area contributed by atoms with Crippen molar-refractivity contribution in [1.82, 2.24) is 0 Å². The normalized spacial score (nSPS) is 11.7. The third kappa shape index (κ3) is 4.55. The van der Waals surface area contributed by atoms with Crippen LogP contribution in [0.2, 0.25) is 0 Å². The standard InChI is InChI=1S/C46H29NOS/c1-2-11-30(12-3-1)32-13-8-14-34(29-32)47(41-20-10-18-38-36(41)27-28-44-45(38)40-16-5-7-22-43(40)49-44)33-25-23-31(24-26-33)35-17-9-19-39-37-15-4-6-21-42(37)48-46(35)39/h1-29H. The van der Waals surface area contributed by atoms with Crippen molar-refractivity contribution in [2.75, 3.05) is 4.90 Å². The highest BCUT2D eigenvalue weighted by Gasteiger charge is 2.19. The number of hydrogen-bond acceptors (Lipinski definition) is 3. The molecule has 0 fully saturated rings. The Morgan fingerprint density at radius 2 is 1.12 bits per heavy atom. The van der Waals surface area contributed by atoms with Crippen LogP contribution in [-0.4, -0.2) is 0 Å². The number of hydrogen-bond donors (Lipinski definition) is 0. The van der Waals surface area contributed by atoms with E-state index in [0.29, 0.717) is 0 Å². The van der Waals surface area contributed by atoms with E-state index in [0.717, 1.165) is 50.1 Å². The zero-order valence-corrected chi connectivity index (χ0v) is 27.3. The van der Waals surface area contributed by atoms with Gasteiger partial charge in [-0.3, -0.25) is 0 Å². The van der Waals surface area contributed by atoms with E-state index < -0.39 is 0 Å². The maximum atomic E-state index is 6.41. The van der Waals surface area contributed by atoms with E-state index in [2.05, 4.69) is 169 Å². The highest BCUT2D eigenvalue weighted by molar-refractivity contribution is 7.26. The Labute approximate surface area is 287 Å². The first-order chi connectivity index (χ1) is 24.3. The molecule has 0 bridgehead atoms. The van der Waals surface area contributed by atoms with E-state index >= 15 is 0 Å². The smallest absolute Gasteiger partial charge is 0.143 e. The molecule has 49 heavy (non-hydrogen) atoms. The monoisotopic (exact) mass is 643 g/mol. The third-order valence-electron chi connectivity index (χ3n) is 9.67. The predicted molar refractivity (Wildman–Crippen MR) is 210 cm³/mol. The van der Waals surface area contributed by atoms with Gasteiger partial charge in [0.05, 0.1) is 5.69 Å². The van der Waals surface area contributed by atoms with Crippen LogP contribution in [0.4, 0.5) is 17.1 Å². The fourth-order valence-electron chi connectivity index (χ4n) is 7.41. The van der Waals surface area contributed by atoms with E-state index in [1.54, 1.807) is 0 Å². The van der Waals surface area contributed by atoms with Crippen LogP contribution in [0.25, 0.3) is 75.1 Å². The van der Waals surface area contributed by atoms with Crippen LogP contribution in [0.15, 0.2) is 180 Å². The minimum atomic E-state index is 0.912. The van der Waals surface area contributed by atoms with Gasteiger partial charge in [-0.2, -0.15) is 0 Å². The number of furan rings is 1. The van der Waals surface area contributed by atoms with Crippen molar-refractivity contribution in [3.05, 3.63) is 176 Å². The summed E-state index contributed by atoms with van der Waals surface area (Å²) in [4.78, 5) is 2.40. The Bertz CT molecular complexity index is 2830. The maximum Gasteiger partial charge on any atom is 0.143 e. The van der Waals surface area contributed by atoms with Crippen molar-refractivity contribution in [2.24, 2.45) is 0 Å². The van der Waals surface area contributed by atoms with Gasteiger partial charge in [-0.15, -0.1) is 11.3 Å². The maximum absolute atomic E-state index is 6.41. The molecule has 0 saturated carbocycles. The van der Waals surface area contributed by atoms with Crippen molar-refractivity contribution < 1.29 is 4.42 Å². The van der Waals surface area contributed by atoms with Gasteiger partial charge < -0.3 is 9.32 Å². The van der Waals surface area contributed by atoms with Gasteiger partial charge in [-0.1, -0.05) is 127 Å². The predicted octanol–water partition coefficient (Wildman–Crippen LogP) is 13.9. The molecular formula is C46H29NOS. The van der Waals surface area contributed by atoms with Gasteiger partial charge in [-0.25, -0.2) is 0 Å². The van der Waals surface area contributed by atoms with E-state index in [1.165, 1.54) is 42.1 Å². The minimum Gasteiger partial charge on any atom is -0.455 e. The molecule has 0 aliphatic heterocycles. The molecule has 2 heterocycles. The molecule has 10 rings (SSSR count). The van der Waals surface area contributed by atoms with Crippen LogP contribution in [0.3, 0.4) is 0 Å². The van der Waals surface area contributed by atoms with Crippen LogP contribution in [-0.2, 0) is 0 Å². The van der Waals surface area contributed by atoms with Gasteiger partial charge in [0.15, 0.2) is 0 Å². The van der Waals surface area contributed by atoms with Gasteiger partial charge in [0.2, 0.25) is 0 Å². The summed E-state index contributed by atoms with van der Waals surface area (Å²) in [5.74, 6) is 0. The Morgan fingerprint density at radius 3 is 2.02 bits per heavy atom. The number of anilines is 3. The molecule has 8 aromatic carbocycles. The lowest BCUT2D eigenvalue weighted by molar-refractivity contribution is 0.670. The Balaban J connectivity index is 1.17.